The van der Waals surface area contributed by atoms with Crippen molar-refractivity contribution >= 4 is 11.7 Å². The zero-order chi connectivity index (χ0) is 12.3. The summed E-state index contributed by atoms with van der Waals surface area (Å²) in [6.07, 6.45) is 5.58. The molecule has 0 spiro atoms. The molecule has 0 radical (unpaired) electrons. The second-order valence-corrected chi connectivity index (χ2v) is 4.74. The molecule has 1 atom stereocenters. The summed E-state index contributed by atoms with van der Waals surface area (Å²) in [7, 11) is 0. The molecule has 0 bridgehead atoms. The number of amides is 1. The molecule has 1 aliphatic rings. The summed E-state index contributed by atoms with van der Waals surface area (Å²) in [5.74, 6) is 0.767. The molecule has 1 aliphatic heterocycles. The summed E-state index contributed by atoms with van der Waals surface area (Å²) < 4.78 is 0. The number of aryl methyl sites for hydroxylation is 1. The van der Waals surface area contributed by atoms with Gasteiger partial charge in [-0.1, -0.05) is 13.3 Å². The number of aromatic nitrogens is 2. The van der Waals surface area contributed by atoms with Crippen LogP contribution >= 0.6 is 0 Å². The number of hydrogen-bond acceptors (Lipinski definition) is 3. The van der Waals surface area contributed by atoms with E-state index in [1.807, 2.05) is 6.92 Å². The highest BCUT2D eigenvalue weighted by molar-refractivity contribution is 5.98. The third-order valence-electron chi connectivity index (χ3n) is 3.42. The van der Waals surface area contributed by atoms with Crippen molar-refractivity contribution in [2.45, 2.75) is 45.1 Å². The summed E-state index contributed by atoms with van der Waals surface area (Å²) in [5.41, 5.74) is 0.578. The highest BCUT2D eigenvalue weighted by Gasteiger charge is 2.40. The van der Waals surface area contributed by atoms with Gasteiger partial charge in [0.05, 0.1) is 11.7 Å². The Balaban J connectivity index is 2.10. The van der Waals surface area contributed by atoms with Crippen LogP contribution < -0.4 is 10.6 Å². The molecular weight excluding hydrogens is 216 g/mol. The molecule has 17 heavy (non-hydrogen) atoms. The summed E-state index contributed by atoms with van der Waals surface area (Å²) >= 11 is 0. The minimum absolute atomic E-state index is 0.0594. The van der Waals surface area contributed by atoms with E-state index in [2.05, 4.69) is 27.8 Å². The number of carbonyl (C=O) groups is 1. The first-order chi connectivity index (χ1) is 8.18. The lowest BCUT2D eigenvalue weighted by atomic mass is 9.91. The molecule has 1 aromatic rings. The average Bonchev–Trinajstić information content (AvgIpc) is 2.91. The standard InChI is InChI=1S/C12H20N4O/c1-3-5-12(6-4-7-13-12)11(17)15-10-9(2)8-14-16-10/h8,13H,3-7H2,1-2H3,(H2,14,15,16,17). The van der Waals surface area contributed by atoms with Crippen molar-refractivity contribution in [2.75, 3.05) is 11.9 Å². The topological polar surface area (TPSA) is 69.8 Å². The molecule has 5 heteroatoms. The third kappa shape index (κ3) is 2.34. The van der Waals surface area contributed by atoms with Crippen molar-refractivity contribution in [1.29, 1.82) is 0 Å². The second kappa shape index (κ2) is 4.87. The van der Waals surface area contributed by atoms with Crippen LogP contribution in [0.3, 0.4) is 0 Å². The number of rotatable bonds is 4. The second-order valence-electron chi connectivity index (χ2n) is 4.74. The maximum Gasteiger partial charge on any atom is 0.245 e. The lowest BCUT2D eigenvalue weighted by Crippen LogP contribution is -2.50. The quantitative estimate of drug-likeness (QED) is 0.743. The maximum atomic E-state index is 12.4. The van der Waals surface area contributed by atoms with E-state index < -0.39 is 0 Å². The fourth-order valence-corrected chi connectivity index (χ4v) is 2.46. The first kappa shape index (κ1) is 12.1. The van der Waals surface area contributed by atoms with Gasteiger partial charge in [0.2, 0.25) is 5.91 Å². The normalized spacial score (nSPS) is 23.9. The summed E-state index contributed by atoms with van der Waals surface area (Å²) in [4.78, 5) is 12.4. The molecule has 2 rings (SSSR count). The van der Waals surface area contributed by atoms with Gasteiger partial charge in [0, 0.05) is 5.56 Å². The highest BCUT2D eigenvalue weighted by atomic mass is 16.2. The van der Waals surface area contributed by atoms with Gasteiger partial charge in [0.1, 0.15) is 5.82 Å². The summed E-state index contributed by atoms with van der Waals surface area (Å²) in [5, 5.41) is 13.0. The fraction of sp³-hybridized carbons (Fsp3) is 0.667. The zero-order valence-electron chi connectivity index (χ0n) is 10.5. The van der Waals surface area contributed by atoms with Gasteiger partial charge in [-0.25, -0.2) is 0 Å². The van der Waals surface area contributed by atoms with Crippen LogP contribution in [-0.2, 0) is 4.79 Å². The lowest BCUT2D eigenvalue weighted by Gasteiger charge is -2.27. The third-order valence-corrected chi connectivity index (χ3v) is 3.42. The first-order valence-corrected chi connectivity index (χ1v) is 6.24. The molecule has 1 aromatic heterocycles. The van der Waals surface area contributed by atoms with Crippen molar-refractivity contribution in [3.8, 4) is 0 Å². The van der Waals surface area contributed by atoms with E-state index in [1.54, 1.807) is 6.20 Å². The number of H-pyrrole nitrogens is 1. The fourth-order valence-electron chi connectivity index (χ4n) is 2.46. The van der Waals surface area contributed by atoms with Gasteiger partial charge in [-0.15, -0.1) is 0 Å². The van der Waals surface area contributed by atoms with E-state index in [4.69, 9.17) is 0 Å². The molecule has 1 saturated heterocycles. The van der Waals surface area contributed by atoms with Crippen molar-refractivity contribution in [3.63, 3.8) is 0 Å². The molecule has 0 aliphatic carbocycles. The molecule has 1 fully saturated rings. The lowest BCUT2D eigenvalue weighted by molar-refractivity contribution is -0.122. The molecule has 94 valence electrons. The van der Waals surface area contributed by atoms with Crippen molar-refractivity contribution in [2.24, 2.45) is 0 Å². The van der Waals surface area contributed by atoms with Gasteiger partial charge in [-0.3, -0.25) is 9.89 Å². The van der Waals surface area contributed by atoms with E-state index in [0.29, 0.717) is 5.82 Å². The number of carbonyl (C=O) groups excluding carboxylic acids is 1. The number of aromatic amines is 1. The molecule has 5 nitrogen and oxygen atoms in total. The minimum atomic E-state index is -0.383. The molecule has 3 N–H and O–H groups in total. The van der Waals surface area contributed by atoms with Crippen molar-refractivity contribution < 1.29 is 4.79 Å². The minimum Gasteiger partial charge on any atom is -0.309 e. The van der Waals surface area contributed by atoms with Crippen LogP contribution in [-0.4, -0.2) is 28.2 Å². The van der Waals surface area contributed by atoms with Crippen molar-refractivity contribution in [1.82, 2.24) is 15.5 Å². The molecule has 2 heterocycles. The zero-order valence-corrected chi connectivity index (χ0v) is 10.5. The Morgan fingerprint density at radius 2 is 2.47 bits per heavy atom. The Bertz CT molecular complexity index is 393. The van der Waals surface area contributed by atoms with Crippen molar-refractivity contribution in [3.05, 3.63) is 11.8 Å². The Hall–Kier alpha value is -1.36. The van der Waals surface area contributed by atoms with E-state index in [1.165, 1.54) is 0 Å². The number of hydrogen-bond donors (Lipinski definition) is 3. The predicted octanol–water partition coefficient (Wildman–Crippen LogP) is 1.58. The Morgan fingerprint density at radius 3 is 3.00 bits per heavy atom. The SMILES string of the molecule is CCCC1(C(=O)Nc2[nH]ncc2C)CCCN1. The van der Waals surface area contributed by atoms with Crippen LogP contribution in [0.2, 0.25) is 0 Å². The largest absolute Gasteiger partial charge is 0.309 e. The van der Waals surface area contributed by atoms with E-state index in [9.17, 15) is 4.79 Å². The van der Waals surface area contributed by atoms with Gasteiger partial charge in [0.25, 0.3) is 0 Å². The van der Waals surface area contributed by atoms with Gasteiger partial charge in [-0.2, -0.15) is 5.10 Å². The first-order valence-electron chi connectivity index (χ1n) is 6.24. The van der Waals surface area contributed by atoms with Crippen LogP contribution in [0.5, 0.6) is 0 Å². The van der Waals surface area contributed by atoms with Gasteiger partial charge < -0.3 is 10.6 Å². The highest BCUT2D eigenvalue weighted by Crippen LogP contribution is 2.26. The summed E-state index contributed by atoms with van der Waals surface area (Å²) in [6, 6.07) is 0. The van der Waals surface area contributed by atoms with E-state index in [-0.39, 0.29) is 11.4 Å². The number of nitrogens with one attached hydrogen (secondary N) is 3. The van der Waals surface area contributed by atoms with E-state index >= 15 is 0 Å². The molecule has 0 aromatic carbocycles. The van der Waals surface area contributed by atoms with Gasteiger partial charge in [0.15, 0.2) is 0 Å². The smallest absolute Gasteiger partial charge is 0.245 e. The number of anilines is 1. The Labute approximate surface area is 101 Å². The number of nitrogens with zero attached hydrogens (tertiary/aromatic N) is 1. The Kier molecular flexibility index (Phi) is 3.47. The van der Waals surface area contributed by atoms with Crippen LogP contribution in [0, 0.1) is 6.92 Å². The molecule has 1 amide bonds. The maximum absolute atomic E-state index is 12.4. The van der Waals surface area contributed by atoms with E-state index in [0.717, 1.165) is 37.8 Å². The monoisotopic (exact) mass is 236 g/mol. The van der Waals surface area contributed by atoms with Crippen LogP contribution in [0.25, 0.3) is 0 Å². The molecular formula is C12H20N4O. The molecule has 0 saturated carbocycles. The average molecular weight is 236 g/mol. The van der Waals surface area contributed by atoms with Gasteiger partial charge in [-0.05, 0) is 32.7 Å². The predicted molar refractivity (Wildman–Crippen MR) is 66.8 cm³/mol. The van der Waals surface area contributed by atoms with Crippen LogP contribution in [0.1, 0.15) is 38.2 Å². The van der Waals surface area contributed by atoms with Gasteiger partial charge >= 0.3 is 0 Å². The Morgan fingerprint density at radius 1 is 1.65 bits per heavy atom. The van der Waals surface area contributed by atoms with Crippen LogP contribution in [0.4, 0.5) is 5.82 Å². The molecule has 1 unspecified atom stereocenters. The summed E-state index contributed by atoms with van der Waals surface area (Å²) in [6.45, 7) is 4.96. The van der Waals surface area contributed by atoms with Crippen LogP contribution in [0.15, 0.2) is 6.20 Å².